The lowest BCUT2D eigenvalue weighted by molar-refractivity contribution is 0.0211. The minimum absolute atomic E-state index is 0.0369. The van der Waals surface area contributed by atoms with Crippen molar-refractivity contribution in [3.8, 4) is 0 Å². The van der Waals surface area contributed by atoms with Gasteiger partial charge in [0.1, 0.15) is 0 Å². The van der Waals surface area contributed by atoms with Crippen LogP contribution in [-0.4, -0.2) is 66.3 Å². The van der Waals surface area contributed by atoms with E-state index in [9.17, 15) is 4.79 Å². The summed E-state index contributed by atoms with van der Waals surface area (Å²) in [6.45, 7) is 4.39. The first-order valence-electron chi connectivity index (χ1n) is 7.69. The number of nitrogens with zero attached hydrogens (tertiary/aromatic N) is 3. The number of amides is 1. The molecule has 1 spiro atoms. The molecule has 21 heavy (non-hydrogen) atoms. The van der Waals surface area contributed by atoms with Crippen molar-refractivity contribution < 1.29 is 14.1 Å². The summed E-state index contributed by atoms with van der Waals surface area (Å²) in [6.07, 6.45) is 6.10. The molecule has 0 aromatic carbocycles. The summed E-state index contributed by atoms with van der Waals surface area (Å²) in [4.78, 5) is 16.9. The second-order valence-electron chi connectivity index (χ2n) is 6.01. The molecule has 1 atom stereocenters. The molecule has 1 aromatic rings. The van der Waals surface area contributed by atoms with Crippen LogP contribution in [0, 0.1) is 0 Å². The number of likely N-dealkylation sites (tertiary alicyclic amines) is 2. The van der Waals surface area contributed by atoms with Gasteiger partial charge in [0.2, 0.25) is 5.76 Å². The van der Waals surface area contributed by atoms with E-state index < -0.39 is 0 Å². The third-order valence-electron chi connectivity index (χ3n) is 4.80. The maximum absolute atomic E-state index is 12.5. The maximum atomic E-state index is 12.5. The number of carbonyl (C=O) groups excluding carboxylic acids is 1. The monoisotopic (exact) mass is 293 g/mol. The molecule has 3 heterocycles. The van der Waals surface area contributed by atoms with Gasteiger partial charge in [-0.05, 0) is 32.2 Å². The number of methoxy groups -OCH3 is 1. The van der Waals surface area contributed by atoms with E-state index in [0.29, 0.717) is 5.76 Å². The fourth-order valence-electron chi connectivity index (χ4n) is 3.77. The van der Waals surface area contributed by atoms with E-state index in [-0.39, 0.29) is 11.4 Å². The van der Waals surface area contributed by atoms with Gasteiger partial charge in [0, 0.05) is 38.3 Å². The highest BCUT2D eigenvalue weighted by molar-refractivity contribution is 5.91. The van der Waals surface area contributed by atoms with Crippen molar-refractivity contribution in [1.29, 1.82) is 0 Å². The minimum atomic E-state index is -0.0369. The normalized spacial score (nSPS) is 26.6. The molecule has 2 aliphatic rings. The molecule has 2 saturated heterocycles. The molecule has 0 saturated carbocycles. The number of rotatable bonds is 4. The second-order valence-corrected chi connectivity index (χ2v) is 6.01. The predicted molar refractivity (Wildman–Crippen MR) is 77.1 cm³/mol. The van der Waals surface area contributed by atoms with E-state index in [2.05, 4.69) is 10.1 Å². The summed E-state index contributed by atoms with van der Waals surface area (Å²) < 4.78 is 10.2. The Bertz CT molecular complexity index is 477. The van der Waals surface area contributed by atoms with Gasteiger partial charge in [-0.25, -0.2) is 0 Å². The average Bonchev–Trinajstić information content (AvgIpc) is 3.15. The first-order valence-corrected chi connectivity index (χ1v) is 7.69. The zero-order valence-electron chi connectivity index (χ0n) is 12.6. The van der Waals surface area contributed by atoms with E-state index in [1.165, 1.54) is 12.6 Å². The quantitative estimate of drug-likeness (QED) is 0.839. The van der Waals surface area contributed by atoms with Crippen LogP contribution < -0.4 is 0 Å². The van der Waals surface area contributed by atoms with Crippen LogP contribution in [0.25, 0.3) is 0 Å². The number of aromatic nitrogens is 1. The lowest BCUT2D eigenvalue weighted by Gasteiger charge is -2.45. The Morgan fingerprint density at radius 1 is 1.43 bits per heavy atom. The number of ether oxygens (including phenoxy) is 1. The minimum Gasteiger partial charge on any atom is -0.383 e. The SMILES string of the molecule is COCCN1CCCC12CCCN(C(=O)c1ccno1)C2. The Balaban J connectivity index is 1.71. The number of hydrogen-bond donors (Lipinski definition) is 0. The van der Waals surface area contributed by atoms with Crippen LogP contribution in [0.2, 0.25) is 0 Å². The van der Waals surface area contributed by atoms with Gasteiger partial charge in [-0.2, -0.15) is 0 Å². The van der Waals surface area contributed by atoms with E-state index in [1.54, 1.807) is 13.2 Å². The van der Waals surface area contributed by atoms with Gasteiger partial charge in [-0.3, -0.25) is 9.69 Å². The molecule has 0 aliphatic carbocycles. The van der Waals surface area contributed by atoms with Crippen LogP contribution in [-0.2, 0) is 4.74 Å². The van der Waals surface area contributed by atoms with E-state index in [0.717, 1.165) is 52.0 Å². The lowest BCUT2D eigenvalue weighted by atomic mass is 9.86. The topological polar surface area (TPSA) is 58.8 Å². The van der Waals surface area contributed by atoms with Gasteiger partial charge in [0.25, 0.3) is 5.91 Å². The van der Waals surface area contributed by atoms with E-state index >= 15 is 0 Å². The standard InChI is InChI=1S/C15H23N3O3/c1-20-11-10-18-9-3-6-15(18)5-2-8-17(12-15)14(19)13-4-7-16-21-13/h4,7H,2-3,5-6,8-12H2,1H3. The molecule has 0 N–H and O–H groups in total. The van der Waals surface area contributed by atoms with Crippen molar-refractivity contribution in [2.45, 2.75) is 31.2 Å². The number of carbonyl (C=O) groups is 1. The van der Waals surface area contributed by atoms with Crippen molar-refractivity contribution in [2.75, 3.05) is 39.9 Å². The van der Waals surface area contributed by atoms with Crippen molar-refractivity contribution in [3.63, 3.8) is 0 Å². The third kappa shape index (κ3) is 2.82. The zero-order chi connectivity index (χ0) is 14.7. The molecular formula is C15H23N3O3. The molecular weight excluding hydrogens is 270 g/mol. The Labute approximate surface area is 125 Å². The lowest BCUT2D eigenvalue weighted by Crippen LogP contribution is -2.57. The number of hydrogen-bond acceptors (Lipinski definition) is 5. The van der Waals surface area contributed by atoms with Crippen LogP contribution >= 0.6 is 0 Å². The largest absolute Gasteiger partial charge is 0.383 e. The first kappa shape index (κ1) is 14.5. The fraction of sp³-hybridized carbons (Fsp3) is 0.733. The van der Waals surface area contributed by atoms with Gasteiger partial charge < -0.3 is 14.2 Å². The third-order valence-corrected chi connectivity index (χ3v) is 4.80. The Kier molecular flexibility index (Phi) is 4.26. The van der Waals surface area contributed by atoms with Crippen molar-refractivity contribution in [1.82, 2.24) is 15.0 Å². The average molecular weight is 293 g/mol. The summed E-state index contributed by atoms with van der Waals surface area (Å²) in [6, 6.07) is 1.64. The molecule has 0 radical (unpaired) electrons. The molecule has 116 valence electrons. The van der Waals surface area contributed by atoms with Gasteiger partial charge >= 0.3 is 0 Å². The molecule has 0 bridgehead atoms. The summed E-state index contributed by atoms with van der Waals surface area (Å²) in [7, 11) is 1.74. The summed E-state index contributed by atoms with van der Waals surface area (Å²) in [5.41, 5.74) is 0.131. The highest BCUT2D eigenvalue weighted by Crippen LogP contribution is 2.37. The maximum Gasteiger partial charge on any atom is 0.292 e. The Morgan fingerprint density at radius 3 is 2.95 bits per heavy atom. The van der Waals surface area contributed by atoms with Crippen LogP contribution in [0.4, 0.5) is 0 Å². The predicted octanol–water partition coefficient (Wildman–Crippen LogP) is 1.39. The van der Waals surface area contributed by atoms with Crippen LogP contribution in [0.15, 0.2) is 16.8 Å². The van der Waals surface area contributed by atoms with E-state index in [1.807, 2.05) is 4.90 Å². The Hall–Kier alpha value is -1.40. The summed E-state index contributed by atoms with van der Waals surface area (Å²) >= 11 is 0. The van der Waals surface area contributed by atoms with Gasteiger partial charge in [0.05, 0.1) is 12.8 Å². The van der Waals surface area contributed by atoms with E-state index in [4.69, 9.17) is 9.26 Å². The van der Waals surface area contributed by atoms with Gasteiger partial charge in [-0.1, -0.05) is 5.16 Å². The molecule has 1 unspecified atom stereocenters. The molecule has 6 nitrogen and oxygen atoms in total. The summed E-state index contributed by atoms with van der Waals surface area (Å²) in [5, 5.41) is 3.63. The van der Waals surface area contributed by atoms with Crippen molar-refractivity contribution >= 4 is 5.91 Å². The molecule has 3 rings (SSSR count). The molecule has 2 aliphatic heterocycles. The van der Waals surface area contributed by atoms with Crippen LogP contribution in [0.1, 0.15) is 36.2 Å². The smallest absolute Gasteiger partial charge is 0.292 e. The molecule has 6 heteroatoms. The highest BCUT2D eigenvalue weighted by atomic mass is 16.5. The summed E-state index contributed by atoms with van der Waals surface area (Å²) in [5.74, 6) is 0.304. The van der Waals surface area contributed by atoms with Crippen LogP contribution in [0.3, 0.4) is 0 Å². The molecule has 1 amide bonds. The fourth-order valence-corrected chi connectivity index (χ4v) is 3.77. The Morgan fingerprint density at radius 2 is 2.24 bits per heavy atom. The van der Waals surface area contributed by atoms with Crippen molar-refractivity contribution in [2.24, 2.45) is 0 Å². The van der Waals surface area contributed by atoms with Crippen molar-refractivity contribution in [3.05, 3.63) is 18.0 Å². The van der Waals surface area contributed by atoms with Crippen LogP contribution in [0.5, 0.6) is 0 Å². The first-order chi connectivity index (χ1) is 10.2. The highest BCUT2D eigenvalue weighted by Gasteiger charge is 2.44. The second kappa shape index (κ2) is 6.15. The number of piperidine rings is 1. The zero-order valence-corrected chi connectivity index (χ0v) is 12.6. The van der Waals surface area contributed by atoms with Gasteiger partial charge in [0.15, 0.2) is 0 Å². The van der Waals surface area contributed by atoms with Gasteiger partial charge in [-0.15, -0.1) is 0 Å². The molecule has 2 fully saturated rings. The molecule has 1 aromatic heterocycles.